The lowest BCUT2D eigenvalue weighted by atomic mass is 10.1. The zero-order valence-corrected chi connectivity index (χ0v) is 12.7. The average Bonchev–Trinajstić information content (AvgIpc) is 2.41. The second kappa shape index (κ2) is 10.5. The first-order valence-corrected chi connectivity index (χ1v) is 6.41. The molecule has 0 aliphatic rings. The van der Waals surface area contributed by atoms with E-state index in [2.05, 4.69) is 10.6 Å². The van der Waals surface area contributed by atoms with Crippen LogP contribution in [0, 0.1) is 5.82 Å². The van der Waals surface area contributed by atoms with Crippen LogP contribution in [0.1, 0.15) is 18.4 Å². The lowest BCUT2D eigenvalue weighted by molar-refractivity contribution is -0.121. The minimum Gasteiger partial charge on any atom is -0.494 e. The van der Waals surface area contributed by atoms with Crippen molar-refractivity contribution in [2.75, 3.05) is 27.2 Å². The summed E-state index contributed by atoms with van der Waals surface area (Å²) in [4.78, 5) is 11.5. The molecule has 0 aliphatic carbocycles. The molecule has 6 heteroatoms. The number of benzene rings is 1. The summed E-state index contributed by atoms with van der Waals surface area (Å²) in [6.07, 6.45) is 1.80. The van der Waals surface area contributed by atoms with Crippen molar-refractivity contribution in [2.24, 2.45) is 0 Å². The highest BCUT2D eigenvalue weighted by Crippen LogP contribution is 2.18. The number of halogens is 2. The molecule has 1 amide bonds. The van der Waals surface area contributed by atoms with E-state index in [0.29, 0.717) is 19.4 Å². The number of rotatable bonds is 8. The van der Waals surface area contributed by atoms with E-state index in [0.717, 1.165) is 18.5 Å². The summed E-state index contributed by atoms with van der Waals surface area (Å²) >= 11 is 0. The highest BCUT2D eigenvalue weighted by atomic mass is 35.5. The van der Waals surface area contributed by atoms with Crippen LogP contribution >= 0.6 is 12.4 Å². The topological polar surface area (TPSA) is 50.4 Å². The normalized spacial score (nSPS) is 9.75. The molecule has 0 spiro atoms. The van der Waals surface area contributed by atoms with E-state index in [-0.39, 0.29) is 24.1 Å². The van der Waals surface area contributed by atoms with Crippen molar-refractivity contribution in [3.8, 4) is 5.75 Å². The van der Waals surface area contributed by atoms with Crippen molar-refractivity contribution < 1.29 is 13.9 Å². The van der Waals surface area contributed by atoms with Crippen LogP contribution in [0.5, 0.6) is 5.75 Å². The molecule has 0 fully saturated rings. The van der Waals surface area contributed by atoms with Crippen molar-refractivity contribution in [1.82, 2.24) is 10.6 Å². The van der Waals surface area contributed by atoms with Gasteiger partial charge in [0, 0.05) is 13.0 Å². The summed E-state index contributed by atoms with van der Waals surface area (Å²) in [5.41, 5.74) is 0.795. The Morgan fingerprint density at radius 2 is 2.10 bits per heavy atom. The highest BCUT2D eigenvalue weighted by molar-refractivity contribution is 5.85. The first-order valence-electron chi connectivity index (χ1n) is 6.41. The molecule has 0 heterocycles. The van der Waals surface area contributed by atoms with Crippen molar-refractivity contribution >= 4 is 18.3 Å². The summed E-state index contributed by atoms with van der Waals surface area (Å²) in [6, 6.07) is 4.76. The Labute approximate surface area is 125 Å². The number of carbonyl (C=O) groups excluding carboxylic acids is 1. The zero-order valence-electron chi connectivity index (χ0n) is 11.9. The van der Waals surface area contributed by atoms with Crippen molar-refractivity contribution in [3.05, 3.63) is 29.6 Å². The monoisotopic (exact) mass is 304 g/mol. The summed E-state index contributed by atoms with van der Waals surface area (Å²) in [5.74, 6) is -0.179. The van der Waals surface area contributed by atoms with Gasteiger partial charge in [0.25, 0.3) is 0 Å². The molecule has 0 aromatic heterocycles. The Hall–Kier alpha value is -1.33. The first kappa shape index (κ1) is 18.7. The Kier molecular flexibility index (Phi) is 9.76. The van der Waals surface area contributed by atoms with Gasteiger partial charge in [0.1, 0.15) is 0 Å². The number of ether oxygens (including phenoxy) is 1. The quantitative estimate of drug-likeness (QED) is 0.721. The van der Waals surface area contributed by atoms with Gasteiger partial charge >= 0.3 is 0 Å². The predicted octanol–water partition coefficient (Wildman–Crippen LogP) is 1.91. The number of hydrogen-bond donors (Lipinski definition) is 2. The van der Waals surface area contributed by atoms with Crippen LogP contribution in [0.15, 0.2) is 18.2 Å². The Morgan fingerprint density at radius 1 is 1.35 bits per heavy atom. The van der Waals surface area contributed by atoms with Crippen LogP contribution in [0.4, 0.5) is 4.39 Å². The van der Waals surface area contributed by atoms with Crippen LogP contribution in [-0.2, 0) is 11.2 Å². The predicted molar refractivity (Wildman–Crippen MR) is 80.1 cm³/mol. The molecule has 0 saturated carbocycles. The van der Waals surface area contributed by atoms with E-state index in [1.54, 1.807) is 12.1 Å². The van der Waals surface area contributed by atoms with Gasteiger partial charge in [-0.05, 0) is 44.1 Å². The largest absolute Gasteiger partial charge is 0.494 e. The third-order valence-corrected chi connectivity index (χ3v) is 2.78. The first-order chi connectivity index (χ1) is 9.17. The smallest absolute Gasteiger partial charge is 0.220 e. The number of methoxy groups -OCH3 is 1. The lowest BCUT2D eigenvalue weighted by Crippen LogP contribution is -2.26. The maximum Gasteiger partial charge on any atom is 0.220 e. The third-order valence-electron chi connectivity index (χ3n) is 2.78. The van der Waals surface area contributed by atoms with E-state index in [9.17, 15) is 9.18 Å². The SMILES string of the molecule is CNCCCNC(=O)CCc1ccc(OC)c(F)c1.Cl. The summed E-state index contributed by atoms with van der Waals surface area (Å²) in [6.45, 7) is 1.54. The molecule has 20 heavy (non-hydrogen) atoms. The van der Waals surface area contributed by atoms with E-state index in [4.69, 9.17) is 4.74 Å². The van der Waals surface area contributed by atoms with Crippen molar-refractivity contribution in [3.63, 3.8) is 0 Å². The molecule has 0 bridgehead atoms. The molecule has 2 N–H and O–H groups in total. The number of amides is 1. The maximum absolute atomic E-state index is 13.4. The van der Waals surface area contributed by atoms with Gasteiger partial charge in [-0.1, -0.05) is 6.07 Å². The molecule has 114 valence electrons. The minimum atomic E-state index is -0.394. The third kappa shape index (κ3) is 6.73. The van der Waals surface area contributed by atoms with Crippen LogP contribution in [0.2, 0.25) is 0 Å². The van der Waals surface area contributed by atoms with Gasteiger partial charge in [-0.15, -0.1) is 12.4 Å². The van der Waals surface area contributed by atoms with E-state index < -0.39 is 5.82 Å². The molecule has 1 aromatic rings. The summed E-state index contributed by atoms with van der Waals surface area (Å²) < 4.78 is 18.3. The number of carbonyl (C=O) groups is 1. The Bertz CT molecular complexity index is 416. The molecule has 0 saturated heterocycles. The average molecular weight is 305 g/mol. The molecule has 1 rings (SSSR count). The fourth-order valence-electron chi connectivity index (χ4n) is 1.70. The summed E-state index contributed by atoms with van der Waals surface area (Å²) in [5, 5.41) is 5.84. The molecule has 0 unspecified atom stereocenters. The minimum absolute atomic E-state index is 0. The molecular formula is C14H22ClFN2O2. The fraction of sp³-hybridized carbons (Fsp3) is 0.500. The number of nitrogens with one attached hydrogen (secondary N) is 2. The Balaban J connectivity index is 0.00000361. The van der Waals surface area contributed by atoms with Crippen molar-refractivity contribution in [2.45, 2.75) is 19.3 Å². The van der Waals surface area contributed by atoms with Crippen LogP contribution in [0.3, 0.4) is 0 Å². The van der Waals surface area contributed by atoms with Gasteiger partial charge in [-0.25, -0.2) is 4.39 Å². The van der Waals surface area contributed by atoms with Gasteiger partial charge in [0.15, 0.2) is 11.6 Å². The lowest BCUT2D eigenvalue weighted by Gasteiger charge is -2.06. The van der Waals surface area contributed by atoms with Crippen molar-refractivity contribution in [1.29, 1.82) is 0 Å². The second-order valence-electron chi connectivity index (χ2n) is 4.28. The van der Waals surface area contributed by atoms with Gasteiger partial charge in [0.05, 0.1) is 7.11 Å². The summed E-state index contributed by atoms with van der Waals surface area (Å²) in [7, 11) is 3.30. The maximum atomic E-state index is 13.4. The van der Waals surface area contributed by atoms with E-state index >= 15 is 0 Å². The van der Waals surface area contributed by atoms with Gasteiger partial charge in [-0.2, -0.15) is 0 Å². The van der Waals surface area contributed by atoms with Crippen LogP contribution < -0.4 is 15.4 Å². The standard InChI is InChI=1S/C14H21FN2O2.ClH/c1-16-8-3-9-17-14(18)7-5-11-4-6-13(19-2)12(15)10-11;/h4,6,10,16H,3,5,7-9H2,1-2H3,(H,17,18);1H. The highest BCUT2D eigenvalue weighted by Gasteiger charge is 2.05. The number of aryl methyl sites for hydroxylation is 1. The zero-order chi connectivity index (χ0) is 14.1. The number of hydrogen-bond acceptors (Lipinski definition) is 3. The van der Waals surface area contributed by atoms with Crippen LogP contribution in [-0.4, -0.2) is 33.2 Å². The molecule has 1 aromatic carbocycles. The van der Waals surface area contributed by atoms with Gasteiger partial charge < -0.3 is 15.4 Å². The molecule has 4 nitrogen and oxygen atoms in total. The molecular weight excluding hydrogens is 283 g/mol. The molecule has 0 radical (unpaired) electrons. The Morgan fingerprint density at radius 3 is 2.70 bits per heavy atom. The fourth-order valence-corrected chi connectivity index (χ4v) is 1.70. The van der Waals surface area contributed by atoms with Crippen LogP contribution in [0.25, 0.3) is 0 Å². The second-order valence-corrected chi connectivity index (χ2v) is 4.28. The van der Waals surface area contributed by atoms with E-state index in [1.807, 2.05) is 7.05 Å². The van der Waals surface area contributed by atoms with Gasteiger partial charge in [-0.3, -0.25) is 4.79 Å². The van der Waals surface area contributed by atoms with E-state index in [1.165, 1.54) is 13.2 Å². The van der Waals surface area contributed by atoms with Gasteiger partial charge in [0.2, 0.25) is 5.91 Å². The molecule has 0 aliphatic heterocycles. The molecule has 0 atom stereocenters.